The van der Waals surface area contributed by atoms with Gasteiger partial charge in [0, 0.05) is 25.7 Å². The molecule has 0 saturated carbocycles. The smallest absolute Gasteiger partial charge is 0.406 e. The van der Waals surface area contributed by atoms with Crippen molar-refractivity contribution in [2.45, 2.75) is 25.7 Å². The first-order valence-corrected chi connectivity index (χ1v) is 8.72. The Kier molecular flexibility index (Phi) is 5.86. The lowest BCUT2D eigenvalue weighted by molar-refractivity contribution is -0.274. The van der Waals surface area contributed by atoms with Crippen molar-refractivity contribution in [1.82, 2.24) is 15.5 Å². The van der Waals surface area contributed by atoms with Crippen LogP contribution >= 0.6 is 0 Å². The first-order chi connectivity index (χ1) is 13.3. The topological polar surface area (TPSA) is 87.3 Å². The fraction of sp³-hybridized carbons (Fsp3) is 0.389. The van der Waals surface area contributed by atoms with E-state index in [1.54, 1.807) is 6.20 Å². The zero-order valence-electron chi connectivity index (χ0n) is 14.8. The van der Waals surface area contributed by atoms with Gasteiger partial charge in [-0.1, -0.05) is 12.1 Å². The summed E-state index contributed by atoms with van der Waals surface area (Å²) >= 11 is 0. The van der Waals surface area contributed by atoms with Crippen LogP contribution in [0.2, 0.25) is 0 Å². The van der Waals surface area contributed by atoms with E-state index in [9.17, 15) is 22.8 Å². The fourth-order valence-corrected chi connectivity index (χ4v) is 3.11. The van der Waals surface area contributed by atoms with Gasteiger partial charge in [-0.25, -0.2) is 5.10 Å². The van der Waals surface area contributed by atoms with Crippen molar-refractivity contribution < 1.29 is 22.7 Å². The van der Waals surface area contributed by atoms with E-state index >= 15 is 0 Å². The van der Waals surface area contributed by atoms with Gasteiger partial charge in [-0.15, -0.1) is 13.2 Å². The highest BCUT2D eigenvalue weighted by Gasteiger charge is 2.31. The van der Waals surface area contributed by atoms with Gasteiger partial charge in [0.2, 0.25) is 5.91 Å². The van der Waals surface area contributed by atoms with E-state index in [4.69, 9.17) is 0 Å². The molecule has 7 nitrogen and oxygen atoms in total. The third kappa shape index (κ3) is 5.48. The molecule has 0 aliphatic carbocycles. The molecule has 2 heterocycles. The Morgan fingerprint density at radius 3 is 2.75 bits per heavy atom. The third-order valence-corrected chi connectivity index (χ3v) is 4.43. The minimum Gasteiger partial charge on any atom is -0.406 e. The third-order valence-electron chi connectivity index (χ3n) is 4.43. The molecular weight excluding hydrogens is 377 g/mol. The second-order valence-electron chi connectivity index (χ2n) is 6.50. The Bertz CT molecular complexity index is 867. The monoisotopic (exact) mass is 396 g/mol. The zero-order chi connectivity index (χ0) is 20.1. The molecule has 1 aromatic carbocycles. The van der Waals surface area contributed by atoms with Gasteiger partial charge in [0.15, 0.2) is 0 Å². The Morgan fingerprint density at radius 1 is 1.32 bits per heavy atom. The molecule has 3 rings (SSSR count). The Hall–Kier alpha value is -3.04. The van der Waals surface area contributed by atoms with Gasteiger partial charge in [0.1, 0.15) is 5.75 Å². The van der Waals surface area contributed by atoms with Crippen LogP contribution in [0.1, 0.15) is 18.4 Å². The van der Waals surface area contributed by atoms with E-state index in [2.05, 4.69) is 20.3 Å². The number of H-pyrrole nitrogens is 1. The van der Waals surface area contributed by atoms with E-state index in [-0.39, 0.29) is 29.7 Å². The predicted octanol–water partition coefficient (Wildman–Crippen LogP) is 2.20. The van der Waals surface area contributed by atoms with Crippen molar-refractivity contribution in [2.24, 2.45) is 5.92 Å². The normalized spacial score (nSPS) is 17.2. The van der Waals surface area contributed by atoms with Crippen LogP contribution in [0, 0.1) is 5.92 Å². The molecule has 1 aliphatic heterocycles. The number of anilines is 1. The molecule has 0 bridgehead atoms. The SMILES string of the molecule is O=C(NCc1ccc(OC(F)(F)F)cc1)[C@@H]1CCCN(c2cn[nH]c(=O)c2)C1. The maximum atomic E-state index is 12.5. The highest BCUT2D eigenvalue weighted by molar-refractivity contribution is 5.79. The van der Waals surface area contributed by atoms with Crippen molar-refractivity contribution in [3.63, 3.8) is 0 Å². The van der Waals surface area contributed by atoms with Crippen LogP contribution in [-0.2, 0) is 11.3 Å². The summed E-state index contributed by atoms with van der Waals surface area (Å²) in [6, 6.07) is 6.79. The van der Waals surface area contributed by atoms with Crippen molar-refractivity contribution in [3.05, 3.63) is 52.4 Å². The van der Waals surface area contributed by atoms with E-state index in [1.165, 1.54) is 30.3 Å². The van der Waals surface area contributed by atoms with E-state index in [0.29, 0.717) is 17.8 Å². The molecule has 2 aromatic rings. The minimum absolute atomic E-state index is 0.141. The number of nitrogens with zero attached hydrogens (tertiary/aromatic N) is 2. The summed E-state index contributed by atoms with van der Waals surface area (Å²) in [5.74, 6) is -0.698. The van der Waals surface area contributed by atoms with Crippen molar-refractivity contribution in [3.8, 4) is 5.75 Å². The maximum absolute atomic E-state index is 12.5. The molecule has 28 heavy (non-hydrogen) atoms. The first kappa shape index (κ1) is 19.7. The Balaban J connectivity index is 1.53. The van der Waals surface area contributed by atoms with Gasteiger partial charge >= 0.3 is 6.36 Å². The molecule has 1 aliphatic rings. The molecule has 0 spiro atoms. The van der Waals surface area contributed by atoms with Crippen molar-refractivity contribution in [1.29, 1.82) is 0 Å². The number of hydrogen-bond acceptors (Lipinski definition) is 5. The van der Waals surface area contributed by atoms with Gasteiger partial charge in [0.25, 0.3) is 5.56 Å². The van der Waals surface area contributed by atoms with E-state index in [1.807, 2.05) is 4.90 Å². The fourth-order valence-electron chi connectivity index (χ4n) is 3.11. The molecule has 1 atom stereocenters. The van der Waals surface area contributed by atoms with E-state index < -0.39 is 6.36 Å². The van der Waals surface area contributed by atoms with Crippen LogP contribution in [-0.4, -0.2) is 35.6 Å². The average molecular weight is 396 g/mol. The molecule has 2 N–H and O–H groups in total. The van der Waals surface area contributed by atoms with Crippen LogP contribution in [0.4, 0.5) is 18.9 Å². The lowest BCUT2D eigenvalue weighted by atomic mass is 9.96. The number of hydrogen-bond donors (Lipinski definition) is 2. The predicted molar refractivity (Wildman–Crippen MR) is 94.8 cm³/mol. The zero-order valence-corrected chi connectivity index (χ0v) is 14.8. The molecule has 0 unspecified atom stereocenters. The second kappa shape index (κ2) is 8.32. The summed E-state index contributed by atoms with van der Waals surface area (Å²) < 4.78 is 40.3. The molecule has 150 valence electrons. The number of aromatic amines is 1. The summed E-state index contributed by atoms with van der Waals surface area (Å²) in [5.41, 5.74) is 1.03. The summed E-state index contributed by atoms with van der Waals surface area (Å²) in [5, 5.41) is 8.90. The lowest BCUT2D eigenvalue weighted by Gasteiger charge is -2.33. The number of rotatable bonds is 5. The molecule has 10 heteroatoms. The van der Waals surface area contributed by atoms with Crippen LogP contribution < -0.4 is 20.5 Å². The highest BCUT2D eigenvalue weighted by atomic mass is 19.4. The number of alkyl halides is 3. The molecule has 1 aromatic heterocycles. The van der Waals surface area contributed by atoms with Gasteiger partial charge in [0.05, 0.1) is 17.8 Å². The van der Waals surface area contributed by atoms with Crippen molar-refractivity contribution >= 4 is 11.6 Å². The van der Waals surface area contributed by atoms with E-state index in [0.717, 1.165) is 19.4 Å². The second-order valence-corrected chi connectivity index (χ2v) is 6.50. The summed E-state index contributed by atoms with van der Waals surface area (Å²) in [6.45, 7) is 1.40. The minimum atomic E-state index is -4.73. The van der Waals surface area contributed by atoms with Gasteiger partial charge < -0.3 is 15.0 Å². The van der Waals surface area contributed by atoms with Crippen molar-refractivity contribution in [2.75, 3.05) is 18.0 Å². The molecule has 1 amide bonds. The number of carbonyl (C=O) groups is 1. The largest absolute Gasteiger partial charge is 0.573 e. The van der Waals surface area contributed by atoms with Crippen LogP contribution in [0.25, 0.3) is 0 Å². The summed E-state index contributed by atoms with van der Waals surface area (Å²) in [4.78, 5) is 25.8. The summed E-state index contributed by atoms with van der Waals surface area (Å²) in [6.07, 6.45) is -1.67. The van der Waals surface area contributed by atoms with Gasteiger partial charge in [-0.05, 0) is 30.5 Å². The Labute approximate surface area is 158 Å². The standard InChI is InChI=1S/C18H19F3N4O3/c19-18(20,21)28-15-5-3-12(4-6-15)9-22-17(27)13-2-1-7-25(11-13)14-8-16(26)24-23-10-14/h3-6,8,10,13H,1-2,7,9,11H2,(H,22,27)(H,24,26)/t13-/m1/s1. The Morgan fingerprint density at radius 2 is 2.07 bits per heavy atom. The van der Waals surface area contributed by atoms with Gasteiger partial charge in [-0.3, -0.25) is 9.59 Å². The quantitative estimate of drug-likeness (QED) is 0.809. The molecule has 0 radical (unpaired) electrons. The number of ether oxygens (including phenoxy) is 1. The first-order valence-electron chi connectivity index (χ1n) is 8.72. The van der Waals surface area contributed by atoms with Gasteiger partial charge in [-0.2, -0.15) is 5.10 Å². The number of carbonyl (C=O) groups excluding carboxylic acids is 1. The summed E-state index contributed by atoms with van der Waals surface area (Å²) in [7, 11) is 0. The van der Waals surface area contributed by atoms with Crippen LogP contribution in [0.15, 0.2) is 41.3 Å². The van der Waals surface area contributed by atoms with Crippen LogP contribution in [0.5, 0.6) is 5.75 Å². The lowest BCUT2D eigenvalue weighted by Crippen LogP contribution is -2.43. The molecule has 1 fully saturated rings. The average Bonchev–Trinajstić information content (AvgIpc) is 2.66. The molecular formula is C18H19F3N4O3. The number of halogens is 3. The molecule has 1 saturated heterocycles. The van der Waals surface area contributed by atoms with Crippen LogP contribution in [0.3, 0.4) is 0 Å². The number of benzene rings is 1. The number of nitrogens with one attached hydrogen (secondary N) is 2. The number of amides is 1. The number of piperidine rings is 1. The number of aromatic nitrogens is 2. The maximum Gasteiger partial charge on any atom is 0.573 e. The highest BCUT2D eigenvalue weighted by Crippen LogP contribution is 2.23.